The van der Waals surface area contributed by atoms with Crippen LogP contribution in [0.15, 0.2) is 24.3 Å². The SMILES string of the molecule is CC.CNS(=O)(=O)N(SC)c1ccc(C)cc1. The molecular weight excluding hydrogens is 256 g/mol. The summed E-state index contributed by atoms with van der Waals surface area (Å²) < 4.78 is 26.7. The molecular formula is C11H20N2O2S2. The van der Waals surface area contributed by atoms with Gasteiger partial charge in [-0.2, -0.15) is 16.9 Å². The van der Waals surface area contributed by atoms with E-state index in [1.54, 1.807) is 18.4 Å². The zero-order valence-corrected chi connectivity index (χ0v) is 12.5. The predicted octanol–water partition coefficient (Wildman–Crippen LogP) is 2.57. The second-order valence-electron chi connectivity index (χ2n) is 2.95. The zero-order chi connectivity index (χ0) is 13.5. The largest absolute Gasteiger partial charge is 0.310 e. The molecule has 0 aliphatic carbocycles. The summed E-state index contributed by atoms with van der Waals surface area (Å²) >= 11 is 1.14. The van der Waals surface area contributed by atoms with E-state index in [2.05, 4.69) is 4.72 Å². The van der Waals surface area contributed by atoms with Crippen LogP contribution in [-0.2, 0) is 10.2 Å². The standard InChI is InChI=1S/C9H14N2O2S2.C2H6/c1-8-4-6-9(7-5-8)11(14-3)15(12,13)10-2;1-2/h4-7,10H,1-3H3;1-2H3. The quantitative estimate of drug-likeness (QED) is 0.860. The first-order valence-electron chi connectivity index (χ1n) is 5.36. The molecule has 0 unspecified atom stereocenters. The molecule has 0 bridgehead atoms. The van der Waals surface area contributed by atoms with Crippen LogP contribution in [0.2, 0.25) is 0 Å². The molecule has 0 saturated heterocycles. The van der Waals surface area contributed by atoms with Crippen molar-refractivity contribution in [3.8, 4) is 0 Å². The molecule has 1 aromatic rings. The van der Waals surface area contributed by atoms with E-state index < -0.39 is 10.2 Å². The van der Waals surface area contributed by atoms with Gasteiger partial charge < -0.3 is 0 Å². The van der Waals surface area contributed by atoms with Crippen LogP contribution in [0.4, 0.5) is 5.69 Å². The van der Waals surface area contributed by atoms with Crippen molar-refractivity contribution >= 4 is 27.8 Å². The maximum absolute atomic E-state index is 11.6. The molecule has 1 aromatic carbocycles. The predicted molar refractivity (Wildman–Crippen MR) is 76.5 cm³/mol. The summed E-state index contributed by atoms with van der Waals surface area (Å²) in [5, 5.41) is 0. The number of hydrogen-bond donors (Lipinski definition) is 1. The first kappa shape index (κ1) is 16.3. The fourth-order valence-corrected chi connectivity index (χ4v) is 3.00. The van der Waals surface area contributed by atoms with Gasteiger partial charge in [-0.15, -0.1) is 0 Å². The minimum absolute atomic E-state index is 0.641. The van der Waals surface area contributed by atoms with Crippen LogP contribution < -0.4 is 8.43 Å². The molecule has 0 amide bonds. The summed E-state index contributed by atoms with van der Waals surface area (Å²) in [6.45, 7) is 5.96. The average Bonchev–Trinajstić information content (AvgIpc) is 2.35. The van der Waals surface area contributed by atoms with E-state index in [1.165, 1.54) is 10.8 Å². The fraction of sp³-hybridized carbons (Fsp3) is 0.455. The van der Waals surface area contributed by atoms with Crippen molar-refractivity contribution in [2.45, 2.75) is 20.8 Å². The molecule has 98 valence electrons. The topological polar surface area (TPSA) is 49.4 Å². The number of rotatable bonds is 4. The Kier molecular flexibility index (Phi) is 7.26. The van der Waals surface area contributed by atoms with Gasteiger partial charge in [0.15, 0.2) is 0 Å². The molecule has 0 radical (unpaired) electrons. The first-order chi connectivity index (χ1) is 8.01. The molecule has 1 N–H and O–H groups in total. The van der Waals surface area contributed by atoms with E-state index in [0.29, 0.717) is 5.69 Å². The highest BCUT2D eigenvalue weighted by Crippen LogP contribution is 2.23. The zero-order valence-electron chi connectivity index (χ0n) is 10.9. The van der Waals surface area contributed by atoms with Gasteiger partial charge in [-0.25, -0.2) is 0 Å². The number of nitrogens with one attached hydrogen (secondary N) is 1. The minimum atomic E-state index is -3.43. The van der Waals surface area contributed by atoms with Gasteiger partial charge in [0.1, 0.15) is 0 Å². The Labute approximate surface area is 109 Å². The first-order valence-corrected chi connectivity index (χ1v) is 7.98. The highest BCUT2D eigenvalue weighted by atomic mass is 32.3. The van der Waals surface area contributed by atoms with Gasteiger partial charge in [-0.1, -0.05) is 31.5 Å². The van der Waals surface area contributed by atoms with E-state index in [-0.39, 0.29) is 0 Å². The Hall–Kier alpha value is -0.720. The van der Waals surface area contributed by atoms with Crippen molar-refractivity contribution in [1.29, 1.82) is 0 Å². The fourth-order valence-electron chi connectivity index (χ4n) is 1.09. The van der Waals surface area contributed by atoms with Crippen LogP contribution in [0.5, 0.6) is 0 Å². The highest BCUT2D eigenvalue weighted by molar-refractivity contribution is 8.13. The maximum atomic E-state index is 11.6. The molecule has 0 saturated carbocycles. The summed E-state index contributed by atoms with van der Waals surface area (Å²) in [5.74, 6) is 0. The molecule has 0 fully saturated rings. The summed E-state index contributed by atoms with van der Waals surface area (Å²) in [6, 6.07) is 7.31. The van der Waals surface area contributed by atoms with E-state index >= 15 is 0 Å². The van der Waals surface area contributed by atoms with Gasteiger partial charge in [0.2, 0.25) is 0 Å². The monoisotopic (exact) mass is 276 g/mol. The summed E-state index contributed by atoms with van der Waals surface area (Å²) in [5.41, 5.74) is 1.74. The third kappa shape index (κ3) is 4.57. The Morgan fingerprint density at radius 1 is 1.18 bits per heavy atom. The minimum Gasteiger partial charge on any atom is -0.200 e. The van der Waals surface area contributed by atoms with Crippen molar-refractivity contribution in [2.24, 2.45) is 0 Å². The smallest absolute Gasteiger partial charge is 0.200 e. The van der Waals surface area contributed by atoms with E-state index in [9.17, 15) is 8.42 Å². The summed E-state index contributed by atoms with van der Waals surface area (Å²) in [7, 11) is -2.03. The number of hydrogen-bond acceptors (Lipinski definition) is 3. The Morgan fingerprint density at radius 2 is 1.65 bits per heavy atom. The molecule has 0 spiro atoms. The third-order valence-corrected chi connectivity index (χ3v) is 4.63. The summed E-state index contributed by atoms with van der Waals surface area (Å²) in [4.78, 5) is 0. The lowest BCUT2D eigenvalue weighted by Crippen LogP contribution is -2.33. The van der Waals surface area contributed by atoms with Gasteiger partial charge in [-0.3, -0.25) is 0 Å². The number of benzene rings is 1. The molecule has 1 rings (SSSR count). The molecule has 6 heteroatoms. The second kappa shape index (κ2) is 7.58. The van der Waals surface area contributed by atoms with E-state index in [0.717, 1.165) is 17.5 Å². The average molecular weight is 276 g/mol. The molecule has 0 aliphatic heterocycles. The van der Waals surface area contributed by atoms with E-state index in [4.69, 9.17) is 0 Å². The number of nitrogens with zero attached hydrogens (tertiary/aromatic N) is 1. The van der Waals surface area contributed by atoms with Gasteiger partial charge in [-0.05, 0) is 31.0 Å². The second-order valence-corrected chi connectivity index (χ2v) is 5.64. The molecule has 0 aromatic heterocycles. The van der Waals surface area contributed by atoms with Crippen molar-refractivity contribution in [3.05, 3.63) is 29.8 Å². The van der Waals surface area contributed by atoms with Crippen LogP contribution in [0.3, 0.4) is 0 Å². The lowest BCUT2D eigenvalue weighted by atomic mass is 10.2. The molecule has 0 aliphatic rings. The van der Waals surface area contributed by atoms with Crippen molar-refractivity contribution in [3.63, 3.8) is 0 Å². The van der Waals surface area contributed by atoms with Crippen LogP contribution in [-0.4, -0.2) is 21.7 Å². The third-order valence-electron chi connectivity index (χ3n) is 1.89. The van der Waals surface area contributed by atoms with Gasteiger partial charge in [0.25, 0.3) is 0 Å². The van der Waals surface area contributed by atoms with Crippen molar-refractivity contribution in [2.75, 3.05) is 17.0 Å². The van der Waals surface area contributed by atoms with Crippen LogP contribution in [0, 0.1) is 6.92 Å². The van der Waals surface area contributed by atoms with E-state index in [1.807, 2.05) is 32.9 Å². The Bertz CT molecular complexity index is 416. The molecule has 17 heavy (non-hydrogen) atoms. The van der Waals surface area contributed by atoms with Crippen molar-refractivity contribution in [1.82, 2.24) is 4.72 Å². The maximum Gasteiger partial charge on any atom is 0.310 e. The van der Waals surface area contributed by atoms with Crippen molar-refractivity contribution < 1.29 is 8.42 Å². The number of aryl methyl sites for hydroxylation is 1. The van der Waals surface area contributed by atoms with Gasteiger partial charge in [0.05, 0.1) is 5.69 Å². The van der Waals surface area contributed by atoms with Gasteiger partial charge >= 0.3 is 10.2 Å². The van der Waals surface area contributed by atoms with Crippen LogP contribution >= 0.6 is 11.9 Å². The lowest BCUT2D eigenvalue weighted by molar-refractivity contribution is 0.590. The number of anilines is 1. The summed E-state index contributed by atoms with van der Waals surface area (Å²) in [6.07, 6.45) is 1.72. The lowest BCUT2D eigenvalue weighted by Gasteiger charge is -2.20. The highest BCUT2D eigenvalue weighted by Gasteiger charge is 2.19. The van der Waals surface area contributed by atoms with Crippen LogP contribution in [0.25, 0.3) is 0 Å². The Balaban J connectivity index is 0.00000121. The molecule has 0 heterocycles. The molecule has 0 atom stereocenters. The Morgan fingerprint density at radius 3 is 2.00 bits per heavy atom. The normalized spacial score (nSPS) is 10.4. The molecule has 4 nitrogen and oxygen atoms in total. The van der Waals surface area contributed by atoms with Gasteiger partial charge in [0, 0.05) is 13.3 Å². The van der Waals surface area contributed by atoms with Crippen LogP contribution in [0.1, 0.15) is 19.4 Å².